The lowest BCUT2D eigenvalue weighted by atomic mass is 9.83. The summed E-state index contributed by atoms with van der Waals surface area (Å²) in [7, 11) is 0. The van der Waals surface area contributed by atoms with Gasteiger partial charge in [-0.1, -0.05) is 72.6 Å². The van der Waals surface area contributed by atoms with Gasteiger partial charge in [-0.2, -0.15) is 0 Å². The van der Waals surface area contributed by atoms with Crippen LogP contribution in [-0.2, 0) is 0 Å². The lowest BCUT2D eigenvalue weighted by Gasteiger charge is -2.25. The predicted octanol–water partition coefficient (Wildman–Crippen LogP) is 4.92. The van der Waals surface area contributed by atoms with E-state index in [1.807, 2.05) is 0 Å². The molecular formula is C15H32O. The maximum absolute atomic E-state index is 9.92. The number of aliphatic hydroxyl groups is 1. The monoisotopic (exact) mass is 228 g/mol. The number of hydrogen-bond donors (Lipinski definition) is 1. The highest BCUT2D eigenvalue weighted by molar-refractivity contribution is 4.71. The van der Waals surface area contributed by atoms with Crippen LogP contribution in [0.1, 0.15) is 85.5 Å². The Morgan fingerprint density at radius 2 is 1.50 bits per heavy atom. The average molecular weight is 228 g/mol. The van der Waals surface area contributed by atoms with E-state index in [1.165, 1.54) is 38.5 Å². The summed E-state index contributed by atoms with van der Waals surface area (Å²) in [5.41, 5.74) is 0.307. The third-order valence-corrected chi connectivity index (χ3v) is 3.64. The van der Waals surface area contributed by atoms with Crippen molar-refractivity contribution in [3.63, 3.8) is 0 Å². The van der Waals surface area contributed by atoms with Crippen LogP contribution in [0.3, 0.4) is 0 Å². The highest BCUT2D eigenvalue weighted by Gasteiger charge is 2.19. The van der Waals surface area contributed by atoms with Gasteiger partial charge in [-0.15, -0.1) is 0 Å². The van der Waals surface area contributed by atoms with Crippen molar-refractivity contribution in [2.24, 2.45) is 5.41 Å². The summed E-state index contributed by atoms with van der Waals surface area (Å²) in [6.45, 7) is 8.95. The topological polar surface area (TPSA) is 20.2 Å². The van der Waals surface area contributed by atoms with Crippen LogP contribution < -0.4 is 0 Å². The summed E-state index contributed by atoms with van der Waals surface area (Å²) in [5.74, 6) is 0. The van der Waals surface area contributed by atoms with Crippen molar-refractivity contribution in [3.05, 3.63) is 0 Å². The molecule has 98 valence electrons. The fourth-order valence-corrected chi connectivity index (χ4v) is 2.04. The van der Waals surface area contributed by atoms with E-state index < -0.39 is 0 Å². The van der Waals surface area contributed by atoms with Crippen LogP contribution in [0.5, 0.6) is 0 Å². The van der Waals surface area contributed by atoms with Crippen molar-refractivity contribution in [2.45, 2.75) is 91.6 Å². The first-order chi connectivity index (χ1) is 7.52. The minimum absolute atomic E-state index is 0.0823. The normalized spacial score (nSPS) is 14.1. The SMILES string of the molecule is CCCCCCCCC(O)CC(C)(C)CC. The van der Waals surface area contributed by atoms with Crippen LogP contribution in [-0.4, -0.2) is 11.2 Å². The summed E-state index contributed by atoms with van der Waals surface area (Å²) < 4.78 is 0. The standard InChI is InChI=1S/C15H32O/c1-5-7-8-9-10-11-12-14(16)13-15(3,4)6-2/h14,16H,5-13H2,1-4H3. The first kappa shape index (κ1) is 16.0. The average Bonchev–Trinajstić information content (AvgIpc) is 2.22. The van der Waals surface area contributed by atoms with Gasteiger partial charge in [0.2, 0.25) is 0 Å². The minimum Gasteiger partial charge on any atom is -0.393 e. The third kappa shape index (κ3) is 9.21. The second kappa shape index (κ2) is 9.04. The number of aliphatic hydroxyl groups excluding tert-OH is 1. The van der Waals surface area contributed by atoms with Gasteiger partial charge in [0.1, 0.15) is 0 Å². The van der Waals surface area contributed by atoms with Crippen LogP contribution >= 0.6 is 0 Å². The summed E-state index contributed by atoms with van der Waals surface area (Å²) >= 11 is 0. The molecule has 0 aliphatic heterocycles. The summed E-state index contributed by atoms with van der Waals surface area (Å²) in [5, 5.41) is 9.92. The first-order valence-corrected chi connectivity index (χ1v) is 7.20. The Kier molecular flexibility index (Phi) is 9.02. The highest BCUT2D eigenvalue weighted by Crippen LogP contribution is 2.27. The van der Waals surface area contributed by atoms with Gasteiger partial charge in [-0.25, -0.2) is 0 Å². The molecule has 1 atom stereocenters. The lowest BCUT2D eigenvalue weighted by Crippen LogP contribution is -2.19. The van der Waals surface area contributed by atoms with E-state index in [4.69, 9.17) is 0 Å². The van der Waals surface area contributed by atoms with Crippen LogP contribution in [0.4, 0.5) is 0 Å². The Morgan fingerprint density at radius 1 is 0.938 bits per heavy atom. The molecule has 1 nitrogen and oxygen atoms in total. The van der Waals surface area contributed by atoms with Crippen molar-refractivity contribution in [1.82, 2.24) is 0 Å². The van der Waals surface area contributed by atoms with Crippen LogP contribution in [0.25, 0.3) is 0 Å². The van der Waals surface area contributed by atoms with Gasteiger partial charge in [0.15, 0.2) is 0 Å². The van der Waals surface area contributed by atoms with Crippen LogP contribution in [0.2, 0.25) is 0 Å². The molecule has 0 fully saturated rings. The van der Waals surface area contributed by atoms with E-state index >= 15 is 0 Å². The van der Waals surface area contributed by atoms with Gasteiger partial charge in [0, 0.05) is 0 Å². The van der Waals surface area contributed by atoms with Crippen molar-refractivity contribution in [1.29, 1.82) is 0 Å². The van der Waals surface area contributed by atoms with E-state index in [1.54, 1.807) is 0 Å². The van der Waals surface area contributed by atoms with E-state index in [-0.39, 0.29) is 6.10 Å². The van der Waals surface area contributed by atoms with Gasteiger partial charge in [-0.3, -0.25) is 0 Å². The second-order valence-electron chi connectivity index (χ2n) is 5.93. The van der Waals surface area contributed by atoms with Gasteiger partial charge in [0.25, 0.3) is 0 Å². The summed E-state index contributed by atoms with van der Waals surface area (Å²) in [4.78, 5) is 0. The molecule has 0 aliphatic rings. The molecule has 0 saturated heterocycles. The van der Waals surface area contributed by atoms with Crippen molar-refractivity contribution in [3.8, 4) is 0 Å². The van der Waals surface area contributed by atoms with Crippen molar-refractivity contribution < 1.29 is 5.11 Å². The lowest BCUT2D eigenvalue weighted by molar-refractivity contribution is 0.101. The molecular weight excluding hydrogens is 196 g/mol. The minimum atomic E-state index is -0.0823. The Bertz CT molecular complexity index is 152. The van der Waals surface area contributed by atoms with E-state index in [0.717, 1.165) is 19.3 Å². The highest BCUT2D eigenvalue weighted by atomic mass is 16.3. The fourth-order valence-electron chi connectivity index (χ4n) is 2.04. The molecule has 0 heterocycles. The Morgan fingerprint density at radius 3 is 2.06 bits per heavy atom. The molecule has 1 heteroatoms. The number of unbranched alkanes of at least 4 members (excludes halogenated alkanes) is 5. The molecule has 0 amide bonds. The Hall–Kier alpha value is -0.0400. The molecule has 0 aromatic heterocycles. The molecule has 1 unspecified atom stereocenters. The van der Waals surface area contributed by atoms with Crippen LogP contribution in [0, 0.1) is 5.41 Å². The van der Waals surface area contributed by atoms with Crippen molar-refractivity contribution in [2.75, 3.05) is 0 Å². The van der Waals surface area contributed by atoms with E-state index in [2.05, 4.69) is 27.7 Å². The summed E-state index contributed by atoms with van der Waals surface area (Å²) in [6.07, 6.45) is 10.9. The largest absolute Gasteiger partial charge is 0.393 e. The molecule has 0 aliphatic carbocycles. The Balaban J connectivity index is 3.40. The molecule has 0 rings (SSSR count). The number of rotatable bonds is 10. The van der Waals surface area contributed by atoms with Gasteiger partial charge in [0.05, 0.1) is 6.10 Å². The molecule has 0 aromatic rings. The molecule has 1 N–H and O–H groups in total. The molecule has 0 saturated carbocycles. The van der Waals surface area contributed by atoms with E-state index in [0.29, 0.717) is 5.41 Å². The maximum atomic E-state index is 9.92. The zero-order valence-electron chi connectivity index (χ0n) is 11.9. The molecule has 16 heavy (non-hydrogen) atoms. The Labute approximate surface area is 103 Å². The third-order valence-electron chi connectivity index (χ3n) is 3.64. The molecule has 0 aromatic carbocycles. The number of hydrogen-bond acceptors (Lipinski definition) is 1. The molecule has 0 spiro atoms. The fraction of sp³-hybridized carbons (Fsp3) is 1.00. The molecule has 0 radical (unpaired) electrons. The van der Waals surface area contributed by atoms with Gasteiger partial charge in [-0.05, 0) is 18.3 Å². The smallest absolute Gasteiger partial charge is 0.0545 e. The zero-order chi connectivity index (χ0) is 12.4. The quantitative estimate of drug-likeness (QED) is 0.526. The summed E-state index contributed by atoms with van der Waals surface area (Å²) in [6, 6.07) is 0. The van der Waals surface area contributed by atoms with Gasteiger partial charge < -0.3 is 5.11 Å². The van der Waals surface area contributed by atoms with Crippen LogP contribution in [0.15, 0.2) is 0 Å². The predicted molar refractivity (Wildman–Crippen MR) is 72.7 cm³/mol. The second-order valence-corrected chi connectivity index (χ2v) is 5.93. The zero-order valence-corrected chi connectivity index (χ0v) is 11.9. The van der Waals surface area contributed by atoms with Gasteiger partial charge >= 0.3 is 0 Å². The first-order valence-electron chi connectivity index (χ1n) is 7.20. The van der Waals surface area contributed by atoms with Crippen molar-refractivity contribution >= 4 is 0 Å². The maximum Gasteiger partial charge on any atom is 0.0545 e. The van der Waals surface area contributed by atoms with E-state index in [9.17, 15) is 5.11 Å². The molecule has 0 bridgehead atoms.